The molecule has 2 aliphatic heterocycles. The first-order valence-electron chi connectivity index (χ1n) is 10.3. The Labute approximate surface area is 170 Å². The molecule has 0 aliphatic carbocycles. The summed E-state index contributed by atoms with van der Waals surface area (Å²) in [5.41, 5.74) is 2.38. The lowest BCUT2D eigenvalue weighted by molar-refractivity contribution is -0.128. The van der Waals surface area contributed by atoms with Gasteiger partial charge in [0.25, 0.3) is 0 Å². The van der Waals surface area contributed by atoms with Crippen molar-refractivity contribution < 1.29 is 14.0 Å². The molecule has 4 rings (SSSR count). The highest BCUT2D eigenvalue weighted by molar-refractivity contribution is 5.97. The maximum absolute atomic E-state index is 13.9. The zero-order chi connectivity index (χ0) is 20.2. The Morgan fingerprint density at radius 1 is 1.03 bits per heavy atom. The van der Waals surface area contributed by atoms with E-state index in [2.05, 4.69) is 10.2 Å². The molecule has 0 radical (unpaired) electrons. The summed E-state index contributed by atoms with van der Waals surface area (Å²) in [6.45, 7) is 2.66. The average Bonchev–Trinajstić information content (AvgIpc) is 3.11. The van der Waals surface area contributed by atoms with Crippen molar-refractivity contribution in [3.05, 3.63) is 59.9 Å². The number of piperidine rings is 1. The monoisotopic (exact) mass is 395 g/mol. The first-order valence-corrected chi connectivity index (χ1v) is 10.3. The number of amides is 2. The third-order valence-corrected chi connectivity index (χ3v) is 5.76. The van der Waals surface area contributed by atoms with Crippen LogP contribution < -0.4 is 10.2 Å². The van der Waals surface area contributed by atoms with Gasteiger partial charge in [0.1, 0.15) is 5.82 Å². The molecule has 152 valence electrons. The Morgan fingerprint density at radius 2 is 1.76 bits per heavy atom. The Morgan fingerprint density at radius 3 is 2.48 bits per heavy atom. The van der Waals surface area contributed by atoms with E-state index in [4.69, 9.17) is 0 Å². The number of benzene rings is 2. The van der Waals surface area contributed by atoms with Gasteiger partial charge in [0.2, 0.25) is 11.8 Å². The number of carbonyl (C=O) groups is 2. The summed E-state index contributed by atoms with van der Waals surface area (Å²) in [5.74, 6) is -1.04. The van der Waals surface area contributed by atoms with Crippen molar-refractivity contribution in [3.8, 4) is 0 Å². The SMILES string of the molecule is O=C(Nc1ccc(N2CCCCC2)cc1)C1CC(=O)N(Cc2ccccc2F)C1. The van der Waals surface area contributed by atoms with Gasteiger partial charge >= 0.3 is 0 Å². The third kappa shape index (κ3) is 4.58. The van der Waals surface area contributed by atoms with Crippen molar-refractivity contribution in [1.29, 1.82) is 0 Å². The number of anilines is 2. The number of hydrogen-bond acceptors (Lipinski definition) is 3. The Kier molecular flexibility index (Phi) is 5.79. The van der Waals surface area contributed by atoms with Crippen molar-refractivity contribution in [1.82, 2.24) is 4.90 Å². The van der Waals surface area contributed by atoms with Crippen LogP contribution in [0.3, 0.4) is 0 Å². The van der Waals surface area contributed by atoms with Gasteiger partial charge in [-0.2, -0.15) is 0 Å². The van der Waals surface area contributed by atoms with Gasteiger partial charge in [-0.3, -0.25) is 9.59 Å². The fraction of sp³-hybridized carbons (Fsp3) is 0.391. The minimum Gasteiger partial charge on any atom is -0.372 e. The molecule has 1 atom stereocenters. The molecule has 2 aliphatic rings. The molecule has 2 aromatic rings. The van der Waals surface area contributed by atoms with E-state index in [1.807, 2.05) is 24.3 Å². The first-order chi connectivity index (χ1) is 14.1. The lowest BCUT2D eigenvalue weighted by Gasteiger charge is -2.28. The van der Waals surface area contributed by atoms with E-state index < -0.39 is 5.92 Å². The fourth-order valence-electron chi connectivity index (χ4n) is 4.08. The van der Waals surface area contributed by atoms with Gasteiger partial charge in [0, 0.05) is 49.5 Å². The van der Waals surface area contributed by atoms with Crippen LogP contribution in [-0.4, -0.2) is 36.3 Å². The summed E-state index contributed by atoms with van der Waals surface area (Å²) in [7, 11) is 0. The van der Waals surface area contributed by atoms with Crippen LogP contribution in [0.1, 0.15) is 31.2 Å². The maximum Gasteiger partial charge on any atom is 0.229 e. The smallest absolute Gasteiger partial charge is 0.229 e. The summed E-state index contributed by atoms with van der Waals surface area (Å²) in [4.78, 5) is 28.9. The van der Waals surface area contributed by atoms with E-state index in [0.29, 0.717) is 12.1 Å². The normalized spacial score (nSPS) is 19.5. The molecular weight excluding hydrogens is 369 g/mol. The molecule has 2 saturated heterocycles. The predicted molar refractivity (Wildman–Crippen MR) is 111 cm³/mol. The Hall–Kier alpha value is -2.89. The quantitative estimate of drug-likeness (QED) is 0.838. The number of nitrogens with zero attached hydrogens (tertiary/aromatic N) is 2. The molecule has 0 saturated carbocycles. The zero-order valence-corrected chi connectivity index (χ0v) is 16.4. The van der Waals surface area contributed by atoms with E-state index in [1.54, 1.807) is 23.1 Å². The highest BCUT2D eigenvalue weighted by Crippen LogP contribution is 2.25. The van der Waals surface area contributed by atoms with Crippen LogP contribution >= 0.6 is 0 Å². The largest absolute Gasteiger partial charge is 0.372 e. The minimum atomic E-state index is -0.420. The molecular formula is C23H26FN3O2. The van der Waals surface area contributed by atoms with Crippen LogP contribution in [0.4, 0.5) is 15.8 Å². The molecule has 2 fully saturated rings. The second kappa shape index (κ2) is 8.64. The van der Waals surface area contributed by atoms with Gasteiger partial charge in [0.15, 0.2) is 0 Å². The van der Waals surface area contributed by atoms with Crippen molar-refractivity contribution in [2.24, 2.45) is 5.92 Å². The maximum atomic E-state index is 13.9. The van der Waals surface area contributed by atoms with Crippen molar-refractivity contribution in [3.63, 3.8) is 0 Å². The van der Waals surface area contributed by atoms with Crippen molar-refractivity contribution in [2.45, 2.75) is 32.2 Å². The van der Waals surface area contributed by atoms with Crippen LogP contribution in [0.15, 0.2) is 48.5 Å². The van der Waals surface area contributed by atoms with E-state index in [1.165, 1.54) is 31.0 Å². The van der Waals surface area contributed by atoms with Crippen LogP contribution in [0.2, 0.25) is 0 Å². The second-order valence-electron chi connectivity index (χ2n) is 7.85. The van der Waals surface area contributed by atoms with E-state index >= 15 is 0 Å². The number of nitrogens with one attached hydrogen (secondary N) is 1. The van der Waals surface area contributed by atoms with Crippen LogP contribution in [-0.2, 0) is 16.1 Å². The number of rotatable bonds is 5. The highest BCUT2D eigenvalue weighted by Gasteiger charge is 2.34. The molecule has 2 heterocycles. The highest BCUT2D eigenvalue weighted by atomic mass is 19.1. The van der Waals surface area contributed by atoms with E-state index in [9.17, 15) is 14.0 Å². The number of halogens is 1. The topological polar surface area (TPSA) is 52.7 Å². The number of likely N-dealkylation sites (tertiary alicyclic amines) is 1. The zero-order valence-electron chi connectivity index (χ0n) is 16.4. The average molecular weight is 395 g/mol. The summed E-state index contributed by atoms with van der Waals surface area (Å²) in [6.07, 6.45) is 3.89. The van der Waals surface area contributed by atoms with Crippen molar-refractivity contribution in [2.75, 3.05) is 29.9 Å². The minimum absolute atomic E-state index is 0.117. The number of carbonyl (C=O) groups excluding carboxylic acids is 2. The summed E-state index contributed by atoms with van der Waals surface area (Å²) in [5, 5.41) is 2.92. The van der Waals surface area contributed by atoms with Gasteiger partial charge in [-0.15, -0.1) is 0 Å². The molecule has 2 amide bonds. The second-order valence-corrected chi connectivity index (χ2v) is 7.85. The van der Waals surface area contributed by atoms with Crippen LogP contribution in [0.25, 0.3) is 0 Å². The van der Waals surface area contributed by atoms with Crippen LogP contribution in [0, 0.1) is 11.7 Å². The first kappa shape index (κ1) is 19.4. The van der Waals surface area contributed by atoms with Crippen LogP contribution in [0.5, 0.6) is 0 Å². The third-order valence-electron chi connectivity index (χ3n) is 5.76. The molecule has 0 spiro atoms. The molecule has 0 aromatic heterocycles. The molecule has 0 bridgehead atoms. The van der Waals surface area contributed by atoms with Gasteiger partial charge < -0.3 is 15.1 Å². The Balaban J connectivity index is 1.34. The van der Waals surface area contributed by atoms with Gasteiger partial charge in [-0.1, -0.05) is 18.2 Å². The fourth-order valence-corrected chi connectivity index (χ4v) is 4.08. The molecule has 1 unspecified atom stereocenters. The molecule has 6 heteroatoms. The molecule has 2 aromatic carbocycles. The Bertz CT molecular complexity index is 878. The summed E-state index contributed by atoms with van der Waals surface area (Å²) in [6, 6.07) is 14.3. The predicted octanol–water partition coefficient (Wildman–Crippen LogP) is 3.80. The standard InChI is InChI=1S/C23H26FN3O2/c24-21-7-3-2-6-17(21)15-27-16-18(14-22(27)28)23(29)25-19-8-10-20(11-9-19)26-12-4-1-5-13-26/h2-3,6-11,18H,1,4-5,12-16H2,(H,25,29). The summed E-state index contributed by atoms with van der Waals surface area (Å²) < 4.78 is 13.9. The lowest BCUT2D eigenvalue weighted by Crippen LogP contribution is -2.29. The summed E-state index contributed by atoms with van der Waals surface area (Å²) >= 11 is 0. The molecule has 1 N–H and O–H groups in total. The molecule has 29 heavy (non-hydrogen) atoms. The van der Waals surface area contributed by atoms with Crippen molar-refractivity contribution >= 4 is 23.2 Å². The molecule has 5 nitrogen and oxygen atoms in total. The van der Waals surface area contributed by atoms with Gasteiger partial charge in [-0.05, 0) is 49.6 Å². The number of hydrogen-bond donors (Lipinski definition) is 1. The lowest BCUT2D eigenvalue weighted by atomic mass is 10.1. The van der Waals surface area contributed by atoms with Gasteiger partial charge in [0.05, 0.1) is 5.92 Å². The van der Waals surface area contributed by atoms with Gasteiger partial charge in [-0.25, -0.2) is 4.39 Å². The van der Waals surface area contributed by atoms with E-state index in [-0.39, 0.29) is 30.6 Å². The van der Waals surface area contributed by atoms with E-state index in [0.717, 1.165) is 18.8 Å².